The number of hydrogen-bond acceptors (Lipinski definition) is 7. The maximum Gasteiger partial charge on any atom is 0.229 e. The maximum absolute atomic E-state index is 14.8. The summed E-state index contributed by atoms with van der Waals surface area (Å²) < 4.78 is 73.0. The number of anilines is 1. The first-order valence-corrected chi connectivity index (χ1v) is 16.0. The average Bonchev–Trinajstić information content (AvgIpc) is 3.61. The number of nitrogens with zero attached hydrogens (tertiary/aromatic N) is 3. The Labute approximate surface area is 242 Å². The molecule has 1 aliphatic heterocycles. The molecule has 1 saturated heterocycles. The van der Waals surface area contributed by atoms with Crippen molar-refractivity contribution in [2.45, 2.75) is 50.6 Å². The van der Waals surface area contributed by atoms with Crippen LogP contribution >= 0.6 is 0 Å². The van der Waals surface area contributed by atoms with Crippen LogP contribution in [0.25, 0.3) is 22.7 Å². The summed E-state index contributed by atoms with van der Waals surface area (Å²) in [5, 5.41) is 9.55. The normalized spacial score (nSPS) is 24.6. The molecule has 0 spiro atoms. The Kier molecular flexibility index (Phi) is 7.37. The van der Waals surface area contributed by atoms with Gasteiger partial charge in [-0.15, -0.1) is 0 Å². The molecule has 7 nitrogen and oxygen atoms in total. The predicted molar refractivity (Wildman–Crippen MR) is 150 cm³/mol. The van der Waals surface area contributed by atoms with Gasteiger partial charge in [0.15, 0.2) is 9.84 Å². The molecule has 1 aromatic heterocycles. The highest BCUT2D eigenvalue weighted by molar-refractivity contribution is 7.91. The summed E-state index contributed by atoms with van der Waals surface area (Å²) in [6.07, 6.45) is 0.703. The number of ketones is 1. The molecule has 42 heavy (non-hydrogen) atoms. The highest BCUT2D eigenvalue weighted by Gasteiger charge is 2.48. The molecule has 0 radical (unpaired) electrons. The molecule has 0 bridgehead atoms. The third-order valence-electron chi connectivity index (χ3n) is 8.81. The molecule has 11 heteroatoms. The van der Waals surface area contributed by atoms with Crippen LogP contribution in [0, 0.1) is 34.3 Å². The summed E-state index contributed by atoms with van der Waals surface area (Å²) in [5.41, 5.74) is 1.11. The Morgan fingerprint density at radius 3 is 2.45 bits per heavy atom. The zero-order valence-electron chi connectivity index (χ0n) is 22.9. The first kappa shape index (κ1) is 28.5. The number of alkyl halides is 1. The van der Waals surface area contributed by atoms with Crippen molar-refractivity contribution in [2.75, 3.05) is 29.5 Å². The van der Waals surface area contributed by atoms with Gasteiger partial charge in [0.2, 0.25) is 5.89 Å². The Morgan fingerprint density at radius 2 is 1.81 bits per heavy atom. The van der Waals surface area contributed by atoms with Gasteiger partial charge in [0.25, 0.3) is 0 Å². The van der Waals surface area contributed by atoms with Gasteiger partial charge >= 0.3 is 0 Å². The largest absolute Gasteiger partial charge is 0.440 e. The molecule has 3 fully saturated rings. The lowest BCUT2D eigenvalue weighted by atomic mass is 9.72. The topological polar surface area (TPSA) is 104 Å². The number of aromatic nitrogens is 1. The minimum atomic E-state index is -3.04. The van der Waals surface area contributed by atoms with Gasteiger partial charge in [-0.3, -0.25) is 4.79 Å². The summed E-state index contributed by atoms with van der Waals surface area (Å²) in [5.74, 6) is -2.64. The fourth-order valence-corrected chi connectivity index (χ4v) is 7.30. The third kappa shape index (κ3) is 5.69. The highest BCUT2D eigenvalue weighted by atomic mass is 32.2. The zero-order chi connectivity index (χ0) is 29.6. The second kappa shape index (κ2) is 10.9. The number of hydrogen-bond donors (Lipinski definition) is 0. The van der Waals surface area contributed by atoms with Crippen molar-refractivity contribution in [2.24, 2.45) is 11.3 Å². The van der Waals surface area contributed by atoms with Crippen molar-refractivity contribution in [3.8, 4) is 28.8 Å². The van der Waals surface area contributed by atoms with E-state index in [0.29, 0.717) is 49.4 Å². The standard InChI is InChI=1S/C31H30F3N3O4S/c32-20-3-7-23(25(15-20)27(38)17-31(18-35)9-10-31)29-28(36-30(41-29)24-8-4-21(33)16-26(24)34)19-1-5-22(6-2-19)37-11-13-42(39,40)14-12-37/h1-2,4-6,8,16,20,23,25H,3,7,9-15,17H2/t20-,23+,25+/m0/s1. The zero-order valence-corrected chi connectivity index (χ0v) is 23.7. The molecule has 2 aliphatic carbocycles. The fraction of sp³-hybridized carbons (Fsp3) is 0.452. The van der Waals surface area contributed by atoms with E-state index in [9.17, 15) is 31.6 Å². The van der Waals surface area contributed by atoms with Gasteiger partial charge in [-0.05, 0) is 56.4 Å². The van der Waals surface area contributed by atoms with Crippen LogP contribution in [0.4, 0.5) is 18.9 Å². The monoisotopic (exact) mass is 597 g/mol. The van der Waals surface area contributed by atoms with Crippen LogP contribution in [0.5, 0.6) is 0 Å². The van der Waals surface area contributed by atoms with Crippen LogP contribution in [0.3, 0.4) is 0 Å². The summed E-state index contributed by atoms with van der Waals surface area (Å²) >= 11 is 0. The van der Waals surface area contributed by atoms with E-state index in [1.807, 2.05) is 17.0 Å². The van der Waals surface area contributed by atoms with Crippen LogP contribution in [0.1, 0.15) is 50.2 Å². The Bertz CT molecular complexity index is 1650. The van der Waals surface area contributed by atoms with Gasteiger partial charge in [-0.2, -0.15) is 5.26 Å². The average molecular weight is 598 g/mol. The molecule has 0 N–H and O–H groups in total. The van der Waals surface area contributed by atoms with E-state index < -0.39 is 44.9 Å². The van der Waals surface area contributed by atoms with Crippen molar-refractivity contribution in [3.63, 3.8) is 0 Å². The van der Waals surface area contributed by atoms with Crippen molar-refractivity contribution in [1.82, 2.24) is 4.98 Å². The predicted octanol–water partition coefficient (Wildman–Crippen LogP) is 6.01. The first-order chi connectivity index (χ1) is 20.1. The molecular formula is C31H30F3N3O4S. The van der Waals surface area contributed by atoms with E-state index in [-0.39, 0.29) is 48.0 Å². The minimum absolute atomic E-state index is 0.00218. The summed E-state index contributed by atoms with van der Waals surface area (Å²) in [4.78, 5) is 20.1. The van der Waals surface area contributed by atoms with Crippen LogP contribution in [0.2, 0.25) is 0 Å². The van der Waals surface area contributed by atoms with E-state index in [2.05, 4.69) is 11.1 Å². The number of Topliss-reactive ketones (excluding diaryl/α,β-unsaturated/α-hetero) is 1. The van der Waals surface area contributed by atoms with Gasteiger partial charge < -0.3 is 9.32 Å². The van der Waals surface area contributed by atoms with Crippen LogP contribution in [-0.4, -0.2) is 50.0 Å². The highest BCUT2D eigenvalue weighted by Crippen LogP contribution is 2.51. The number of carbonyl (C=O) groups is 1. The lowest BCUT2D eigenvalue weighted by Crippen LogP contribution is -2.40. The van der Waals surface area contributed by atoms with E-state index in [4.69, 9.17) is 4.42 Å². The molecule has 3 aromatic rings. The molecule has 220 valence electrons. The van der Waals surface area contributed by atoms with E-state index in [1.165, 1.54) is 6.07 Å². The quantitative estimate of drug-likeness (QED) is 0.329. The molecule has 3 atom stereocenters. The number of oxazole rings is 1. The molecule has 0 amide bonds. The van der Waals surface area contributed by atoms with Gasteiger partial charge in [-0.1, -0.05) is 12.1 Å². The Balaban J connectivity index is 1.38. The number of sulfone groups is 1. The Hall–Kier alpha value is -3.65. The summed E-state index contributed by atoms with van der Waals surface area (Å²) in [6.45, 7) is 0.761. The molecule has 2 aromatic carbocycles. The number of carbonyl (C=O) groups excluding carboxylic acids is 1. The number of halogens is 3. The van der Waals surface area contributed by atoms with Gasteiger partial charge in [-0.25, -0.2) is 26.6 Å². The van der Waals surface area contributed by atoms with Crippen molar-refractivity contribution >= 4 is 21.3 Å². The lowest BCUT2D eigenvalue weighted by Gasteiger charge is -2.32. The van der Waals surface area contributed by atoms with E-state index in [0.717, 1.165) is 17.8 Å². The number of nitriles is 1. The third-order valence-corrected chi connectivity index (χ3v) is 10.4. The smallest absolute Gasteiger partial charge is 0.229 e. The second-order valence-corrected chi connectivity index (χ2v) is 14.0. The van der Waals surface area contributed by atoms with Crippen molar-refractivity contribution in [3.05, 3.63) is 59.9 Å². The molecular weight excluding hydrogens is 567 g/mol. The SMILES string of the molecule is N#CC1(CC(=O)[C@@H]2C[C@@H](F)CC[C@H]2c2oc(-c3ccc(F)cc3F)nc2-c2ccc(N3CCS(=O)(=O)CC3)cc2)CC1. The minimum Gasteiger partial charge on any atom is -0.440 e. The summed E-state index contributed by atoms with van der Waals surface area (Å²) in [7, 11) is -3.04. The maximum atomic E-state index is 14.8. The second-order valence-electron chi connectivity index (χ2n) is 11.7. The molecule has 2 saturated carbocycles. The van der Waals surface area contributed by atoms with Crippen LogP contribution in [0.15, 0.2) is 46.9 Å². The van der Waals surface area contributed by atoms with E-state index >= 15 is 0 Å². The Morgan fingerprint density at radius 1 is 1.10 bits per heavy atom. The lowest BCUT2D eigenvalue weighted by molar-refractivity contribution is -0.126. The van der Waals surface area contributed by atoms with Crippen LogP contribution < -0.4 is 4.90 Å². The molecule has 3 aliphatic rings. The van der Waals surface area contributed by atoms with Gasteiger partial charge in [0, 0.05) is 48.7 Å². The van der Waals surface area contributed by atoms with Crippen molar-refractivity contribution in [1.29, 1.82) is 5.26 Å². The number of rotatable bonds is 7. The van der Waals surface area contributed by atoms with Gasteiger partial charge in [0.05, 0.1) is 28.6 Å². The number of benzene rings is 2. The molecule has 6 rings (SSSR count). The molecule has 0 unspecified atom stereocenters. The first-order valence-electron chi connectivity index (χ1n) is 14.2. The van der Waals surface area contributed by atoms with Gasteiger partial charge in [0.1, 0.15) is 35.0 Å². The fourth-order valence-electron chi connectivity index (χ4n) is 6.10. The van der Waals surface area contributed by atoms with E-state index in [1.54, 1.807) is 12.1 Å². The molecule has 2 heterocycles. The summed E-state index contributed by atoms with van der Waals surface area (Å²) in [6, 6.07) is 12.6. The van der Waals surface area contributed by atoms with Crippen LogP contribution in [-0.2, 0) is 14.6 Å². The van der Waals surface area contributed by atoms with Crippen molar-refractivity contribution < 1.29 is 30.8 Å².